The lowest BCUT2D eigenvalue weighted by molar-refractivity contribution is 0.0956. The van der Waals surface area contributed by atoms with Gasteiger partial charge in [-0.05, 0) is 38.4 Å². The number of amides is 1. The van der Waals surface area contributed by atoms with Crippen LogP contribution >= 0.6 is 11.6 Å². The van der Waals surface area contributed by atoms with Crippen molar-refractivity contribution < 1.29 is 14.3 Å². The van der Waals surface area contributed by atoms with Crippen molar-refractivity contribution >= 4 is 17.5 Å². The second-order valence-corrected chi connectivity index (χ2v) is 5.97. The Hall–Kier alpha value is -1.72. The van der Waals surface area contributed by atoms with Crippen LogP contribution in [0.15, 0.2) is 23.8 Å². The molecule has 5 nitrogen and oxygen atoms in total. The van der Waals surface area contributed by atoms with Gasteiger partial charge in [0.2, 0.25) is 0 Å². The largest absolute Gasteiger partial charge is 0.490 e. The van der Waals surface area contributed by atoms with Gasteiger partial charge in [0, 0.05) is 18.7 Å². The lowest BCUT2D eigenvalue weighted by atomic mass is 10.1. The van der Waals surface area contributed by atoms with E-state index in [0.29, 0.717) is 41.8 Å². The SMILES string of the molecule is CCCOc1c(Cl)cc(C(=O)NCC2=CCNCC2)cc1OCC. The zero-order valence-electron chi connectivity index (χ0n) is 14.3. The Morgan fingerprint density at radius 3 is 2.83 bits per heavy atom. The third-order valence-electron chi connectivity index (χ3n) is 3.66. The molecule has 1 aliphatic heterocycles. The fraction of sp³-hybridized carbons (Fsp3) is 0.500. The number of nitrogens with one attached hydrogen (secondary N) is 2. The van der Waals surface area contributed by atoms with Crippen LogP contribution in [-0.2, 0) is 0 Å². The zero-order valence-corrected chi connectivity index (χ0v) is 15.0. The maximum Gasteiger partial charge on any atom is 0.251 e. The molecule has 1 aromatic carbocycles. The predicted molar refractivity (Wildman–Crippen MR) is 96.3 cm³/mol. The minimum absolute atomic E-state index is 0.167. The monoisotopic (exact) mass is 352 g/mol. The molecule has 0 unspecified atom stereocenters. The fourth-order valence-corrected chi connectivity index (χ4v) is 2.70. The average Bonchev–Trinajstić information content (AvgIpc) is 2.60. The van der Waals surface area contributed by atoms with Crippen molar-refractivity contribution in [3.63, 3.8) is 0 Å². The summed E-state index contributed by atoms with van der Waals surface area (Å²) in [6, 6.07) is 3.31. The molecule has 0 spiro atoms. The minimum atomic E-state index is -0.167. The smallest absolute Gasteiger partial charge is 0.251 e. The van der Waals surface area contributed by atoms with Gasteiger partial charge in [-0.2, -0.15) is 0 Å². The quantitative estimate of drug-likeness (QED) is 0.705. The number of benzene rings is 1. The van der Waals surface area contributed by atoms with Crippen LogP contribution in [0.5, 0.6) is 11.5 Å². The van der Waals surface area contributed by atoms with E-state index in [9.17, 15) is 4.79 Å². The highest BCUT2D eigenvalue weighted by Crippen LogP contribution is 2.36. The fourth-order valence-electron chi connectivity index (χ4n) is 2.43. The average molecular weight is 353 g/mol. The number of rotatable bonds is 8. The molecule has 0 bridgehead atoms. The van der Waals surface area contributed by atoms with E-state index in [1.54, 1.807) is 12.1 Å². The number of carbonyl (C=O) groups excluding carboxylic acids is 1. The lowest BCUT2D eigenvalue weighted by Gasteiger charge is -2.16. The predicted octanol–water partition coefficient (Wildman–Crippen LogP) is 3.18. The van der Waals surface area contributed by atoms with E-state index in [1.165, 1.54) is 5.57 Å². The summed E-state index contributed by atoms with van der Waals surface area (Å²) < 4.78 is 11.2. The van der Waals surface area contributed by atoms with Crippen LogP contribution < -0.4 is 20.1 Å². The van der Waals surface area contributed by atoms with Gasteiger partial charge in [-0.1, -0.05) is 30.2 Å². The number of hydrogen-bond acceptors (Lipinski definition) is 4. The van der Waals surface area contributed by atoms with Crippen molar-refractivity contribution in [1.82, 2.24) is 10.6 Å². The summed E-state index contributed by atoms with van der Waals surface area (Å²) in [4.78, 5) is 12.4. The van der Waals surface area contributed by atoms with Crippen LogP contribution in [0.3, 0.4) is 0 Å². The lowest BCUT2D eigenvalue weighted by Crippen LogP contribution is -2.29. The van der Waals surface area contributed by atoms with E-state index < -0.39 is 0 Å². The maximum absolute atomic E-state index is 12.4. The molecule has 2 rings (SSSR count). The van der Waals surface area contributed by atoms with Crippen molar-refractivity contribution in [3.8, 4) is 11.5 Å². The highest BCUT2D eigenvalue weighted by atomic mass is 35.5. The molecule has 24 heavy (non-hydrogen) atoms. The van der Waals surface area contributed by atoms with Gasteiger partial charge in [0.15, 0.2) is 11.5 Å². The van der Waals surface area contributed by atoms with Crippen LogP contribution in [0.2, 0.25) is 5.02 Å². The van der Waals surface area contributed by atoms with Crippen LogP contribution in [0.1, 0.15) is 37.0 Å². The number of hydrogen-bond donors (Lipinski definition) is 2. The van der Waals surface area contributed by atoms with Gasteiger partial charge in [0.1, 0.15) is 0 Å². The van der Waals surface area contributed by atoms with Crippen LogP contribution in [0.4, 0.5) is 0 Å². The molecule has 0 atom stereocenters. The molecule has 0 saturated heterocycles. The zero-order chi connectivity index (χ0) is 17.4. The molecule has 132 valence electrons. The van der Waals surface area contributed by atoms with Crippen molar-refractivity contribution in [2.45, 2.75) is 26.7 Å². The first kappa shape index (κ1) is 18.6. The molecular weight excluding hydrogens is 328 g/mol. The molecule has 0 aromatic heterocycles. The van der Waals surface area contributed by atoms with E-state index >= 15 is 0 Å². The van der Waals surface area contributed by atoms with E-state index in [4.69, 9.17) is 21.1 Å². The van der Waals surface area contributed by atoms with Crippen LogP contribution in [0.25, 0.3) is 0 Å². The molecule has 1 aromatic rings. The highest BCUT2D eigenvalue weighted by Gasteiger charge is 2.16. The molecule has 2 N–H and O–H groups in total. The van der Waals surface area contributed by atoms with Gasteiger partial charge in [0.05, 0.1) is 18.2 Å². The summed E-state index contributed by atoms with van der Waals surface area (Å²) >= 11 is 6.29. The Morgan fingerprint density at radius 1 is 1.33 bits per heavy atom. The van der Waals surface area contributed by atoms with Gasteiger partial charge in [-0.25, -0.2) is 0 Å². The second kappa shape index (κ2) is 9.55. The van der Waals surface area contributed by atoms with Gasteiger partial charge < -0.3 is 20.1 Å². The van der Waals surface area contributed by atoms with Gasteiger partial charge in [0.25, 0.3) is 5.91 Å². The highest BCUT2D eigenvalue weighted by molar-refractivity contribution is 6.32. The normalized spacial score (nSPS) is 14.0. The minimum Gasteiger partial charge on any atom is -0.490 e. The first-order valence-corrected chi connectivity index (χ1v) is 8.79. The summed E-state index contributed by atoms with van der Waals surface area (Å²) in [6.45, 7) is 7.29. The second-order valence-electron chi connectivity index (χ2n) is 5.57. The molecular formula is C18H25ClN2O3. The van der Waals surface area contributed by atoms with E-state index in [0.717, 1.165) is 25.9 Å². The third-order valence-corrected chi connectivity index (χ3v) is 3.94. The molecule has 0 radical (unpaired) electrons. The number of ether oxygens (including phenoxy) is 2. The summed E-state index contributed by atoms with van der Waals surface area (Å²) in [6.07, 6.45) is 3.94. The molecule has 1 amide bonds. The third kappa shape index (κ3) is 5.14. The number of carbonyl (C=O) groups is 1. The molecule has 0 saturated carbocycles. The van der Waals surface area contributed by atoms with Gasteiger partial charge in [-0.15, -0.1) is 0 Å². The van der Waals surface area contributed by atoms with Gasteiger partial charge >= 0.3 is 0 Å². The standard InChI is InChI=1S/C18H25ClN2O3/c1-3-9-24-17-15(19)10-14(11-16(17)23-4-2)18(22)21-12-13-5-7-20-8-6-13/h5,10-11,20H,3-4,6-9,12H2,1-2H3,(H,21,22). The van der Waals surface area contributed by atoms with E-state index in [1.807, 2.05) is 13.8 Å². The molecule has 1 aliphatic rings. The van der Waals surface area contributed by atoms with Crippen LogP contribution in [0, 0.1) is 0 Å². The molecule has 0 aliphatic carbocycles. The van der Waals surface area contributed by atoms with Crippen molar-refractivity contribution in [3.05, 3.63) is 34.4 Å². The summed E-state index contributed by atoms with van der Waals surface area (Å²) in [5.74, 6) is 0.835. The van der Waals surface area contributed by atoms with Crippen molar-refractivity contribution in [2.24, 2.45) is 0 Å². The van der Waals surface area contributed by atoms with Crippen LogP contribution in [-0.4, -0.2) is 38.8 Å². The Bertz CT molecular complexity index is 602. The molecule has 6 heteroatoms. The van der Waals surface area contributed by atoms with E-state index in [2.05, 4.69) is 16.7 Å². The Morgan fingerprint density at radius 2 is 2.17 bits per heavy atom. The van der Waals surface area contributed by atoms with Gasteiger partial charge in [-0.3, -0.25) is 4.79 Å². The molecule has 0 fully saturated rings. The Balaban J connectivity index is 2.10. The summed E-state index contributed by atoms with van der Waals surface area (Å²) in [5, 5.41) is 6.58. The summed E-state index contributed by atoms with van der Waals surface area (Å²) in [5.41, 5.74) is 1.71. The first-order chi connectivity index (χ1) is 11.7. The topological polar surface area (TPSA) is 59.6 Å². The summed E-state index contributed by atoms with van der Waals surface area (Å²) in [7, 11) is 0. The Labute approximate surface area is 148 Å². The van der Waals surface area contributed by atoms with E-state index in [-0.39, 0.29) is 5.91 Å². The number of halogens is 1. The first-order valence-electron chi connectivity index (χ1n) is 8.41. The molecule has 1 heterocycles. The Kier molecular flexibility index (Phi) is 7.40. The van der Waals surface area contributed by atoms with Crippen molar-refractivity contribution in [2.75, 3.05) is 32.8 Å². The van der Waals surface area contributed by atoms with Crippen molar-refractivity contribution in [1.29, 1.82) is 0 Å². The maximum atomic E-state index is 12.4.